The van der Waals surface area contributed by atoms with Gasteiger partial charge in [-0.2, -0.15) is 4.98 Å². The average molecular weight is 445 g/mol. The van der Waals surface area contributed by atoms with Gasteiger partial charge in [0, 0.05) is 11.1 Å². The van der Waals surface area contributed by atoms with Crippen LogP contribution in [0.2, 0.25) is 0 Å². The monoisotopic (exact) mass is 444 g/mol. The average Bonchev–Trinajstić information content (AvgIpc) is 3.28. The Labute approximate surface area is 180 Å². The number of carbonyl (C=O) groups excluding carboxylic acids is 2. The van der Waals surface area contributed by atoms with Gasteiger partial charge in [-0.1, -0.05) is 17.8 Å². The smallest absolute Gasteiger partial charge is 0.355 e. The summed E-state index contributed by atoms with van der Waals surface area (Å²) < 4.78 is 6.54. The first-order chi connectivity index (χ1) is 14.5. The molecule has 1 atom stereocenters. The van der Waals surface area contributed by atoms with Crippen LogP contribution in [0, 0.1) is 0 Å². The van der Waals surface area contributed by atoms with Gasteiger partial charge in [-0.05, 0) is 50.8 Å². The lowest BCUT2D eigenvalue weighted by Gasteiger charge is -2.12. The maximum atomic E-state index is 12.8. The number of thioether (sulfide) groups is 1. The molecule has 1 aliphatic carbocycles. The van der Waals surface area contributed by atoms with Gasteiger partial charge in [0.1, 0.15) is 10.6 Å². The van der Waals surface area contributed by atoms with Crippen molar-refractivity contribution in [2.75, 3.05) is 11.9 Å². The van der Waals surface area contributed by atoms with Crippen LogP contribution in [0.25, 0.3) is 5.65 Å². The fourth-order valence-corrected chi connectivity index (χ4v) is 5.37. The second kappa shape index (κ2) is 8.57. The molecule has 0 aromatic carbocycles. The molecule has 1 amide bonds. The highest BCUT2D eigenvalue weighted by atomic mass is 32.2. The lowest BCUT2D eigenvalue weighted by Crippen LogP contribution is -2.25. The SMILES string of the molecule is CCOC(=O)c1c(NC(=O)C(C)Sc2nc(=O)n3ccccc3n2)sc2c1CCC2. The molecule has 0 saturated carbocycles. The van der Waals surface area contributed by atoms with Crippen molar-refractivity contribution in [3.05, 3.63) is 50.9 Å². The number of aromatic nitrogens is 3. The Kier molecular flexibility index (Phi) is 5.87. The third-order valence-corrected chi connectivity index (χ3v) is 6.90. The molecule has 0 bridgehead atoms. The zero-order chi connectivity index (χ0) is 21.3. The van der Waals surface area contributed by atoms with Gasteiger partial charge in [0.05, 0.1) is 17.4 Å². The zero-order valence-corrected chi connectivity index (χ0v) is 18.1. The Hall–Kier alpha value is -2.72. The third-order valence-electron chi connectivity index (χ3n) is 4.73. The number of fused-ring (bicyclic) bond motifs is 2. The van der Waals surface area contributed by atoms with Crippen molar-refractivity contribution in [1.82, 2.24) is 14.4 Å². The number of amides is 1. The predicted molar refractivity (Wildman–Crippen MR) is 116 cm³/mol. The molecule has 0 spiro atoms. The number of hydrogen-bond donors (Lipinski definition) is 1. The van der Waals surface area contributed by atoms with Gasteiger partial charge < -0.3 is 10.1 Å². The number of ether oxygens (including phenoxy) is 1. The molecular weight excluding hydrogens is 424 g/mol. The van der Waals surface area contributed by atoms with Crippen LogP contribution < -0.4 is 11.0 Å². The van der Waals surface area contributed by atoms with Crippen molar-refractivity contribution >= 4 is 45.6 Å². The molecule has 1 aliphatic rings. The molecule has 156 valence electrons. The van der Waals surface area contributed by atoms with Crippen molar-refractivity contribution in [2.45, 2.75) is 43.5 Å². The summed E-state index contributed by atoms with van der Waals surface area (Å²) in [7, 11) is 0. The molecular formula is C20H20N4O4S2. The molecule has 0 fully saturated rings. The highest BCUT2D eigenvalue weighted by molar-refractivity contribution is 8.00. The number of rotatable bonds is 6. The highest BCUT2D eigenvalue weighted by Gasteiger charge is 2.29. The van der Waals surface area contributed by atoms with E-state index in [1.54, 1.807) is 38.2 Å². The summed E-state index contributed by atoms with van der Waals surface area (Å²) in [4.78, 5) is 46.8. The minimum Gasteiger partial charge on any atom is -0.462 e. The summed E-state index contributed by atoms with van der Waals surface area (Å²) in [6.45, 7) is 3.74. The van der Waals surface area contributed by atoms with Crippen molar-refractivity contribution in [2.24, 2.45) is 0 Å². The standard InChI is InChI=1S/C20H20N4O4S2/c1-3-28-18(26)15-12-7-6-8-13(12)30-17(15)22-16(25)11(2)29-19-21-14-9-4-5-10-24(14)20(27)23-19/h4-5,9-11H,3,6-8H2,1-2H3,(H,22,25). The summed E-state index contributed by atoms with van der Waals surface area (Å²) in [5, 5.41) is 3.06. The Balaban J connectivity index is 1.53. The number of aryl methyl sites for hydroxylation is 1. The van der Waals surface area contributed by atoms with Crippen molar-refractivity contribution in [3.8, 4) is 0 Å². The van der Waals surface area contributed by atoms with E-state index in [0.29, 0.717) is 16.2 Å². The van der Waals surface area contributed by atoms with Crippen molar-refractivity contribution in [3.63, 3.8) is 0 Å². The van der Waals surface area contributed by atoms with Gasteiger partial charge in [0.25, 0.3) is 0 Å². The second-order valence-corrected chi connectivity index (χ2v) is 9.16. The fraction of sp³-hybridized carbons (Fsp3) is 0.350. The van der Waals surface area contributed by atoms with Crippen molar-refractivity contribution in [1.29, 1.82) is 0 Å². The van der Waals surface area contributed by atoms with Crippen LogP contribution in [-0.2, 0) is 22.4 Å². The van der Waals surface area contributed by atoms with Crippen molar-refractivity contribution < 1.29 is 14.3 Å². The number of esters is 1. The topological polar surface area (TPSA) is 103 Å². The summed E-state index contributed by atoms with van der Waals surface area (Å²) >= 11 is 2.53. The summed E-state index contributed by atoms with van der Waals surface area (Å²) in [5.74, 6) is -0.694. The fourth-order valence-electron chi connectivity index (χ4n) is 3.34. The Morgan fingerprint density at radius 1 is 1.33 bits per heavy atom. The lowest BCUT2D eigenvalue weighted by atomic mass is 10.1. The molecule has 30 heavy (non-hydrogen) atoms. The molecule has 0 saturated heterocycles. The van der Waals surface area contributed by atoms with Gasteiger partial charge >= 0.3 is 11.7 Å². The number of hydrogen-bond acceptors (Lipinski definition) is 8. The summed E-state index contributed by atoms with van der Waals surface area (Å²) in [5.41, 5.74) is 1.47. The van der Waals surface area contributed by atoms with Crippen LogP contribution >= 0.6 is 23.1 Å². The molecule has 0 radical (unpaired) electrons. The Bertz CT molecular complexity index is 1190. The molecule has 3 aromatic rings. The van der Waals surface area contributed by atoms with E-state index >= 15 is 0 Å². The Morgan fingerprint density at radius 2 is 2.17 bits per heavy atom. The van der Waals surface area contributed by atoms with Gasteiger partial charge in [-0.3, -0.25) is 9.20 Å². The van der Waals surface area contributed by atoms with Crippen LogP contribution in [0.5, 0.6) is 0 Å². The molecule has 10 heteroatoms. The van der Waals surface area contributed by atoms with Gasteiger partial charge in [-0.25, -0.2) is 14.6 Å². The van der Waals surface area contributed by atoms with Crippen LogP contribution in [0.3, 0.4) is 0 Å². The maximum absolute atomic E-state index is 12.8. The van der Waals surface area contributed by atoms with E-state index < -0.39 is 16.9 Å². The van der Waals surface area contributed by atoms with Gasteiger partial charge in [-0.15, -0.1) is 11.3 Å². The normalized spacial score (nSPS) is 13.8. The van der Waals surface area contributed by atoms with Crippen LogP contribution in [0.1, 0.15) is 41.1 Å². The summed E-state index contributed by atoms with van der Waals surface area (Å²) in [6.07, 6.45) is 4.31. The third kappa shape index (κ3) is 3.97. The predicted octanol–water partition coefficient (Wildman–Crippen LogP) is 2.94. The van der Waals surface area contributed by atoms with E-state index in [9.17, 15) is 14.4 Å². The van der Waals surface area contributed by atoms with Crippen LogP contribution in [0.15, 0.2) is 34.3 Å². The largest absolute Gasteiger partial charge is 0.462 e. The molecule has 3 aromatic heterocycles. The van der Waals surface area contributed by atoms with Gasteiger partial charge in [0.2, 0.25) is 5.91 Å². The molecule has 3 heterocycles. The van der Waals surface area contributed by atoms with Crippen LogP contribution in [-0.4, -0.2) is 38.1 Å². The van der Waals surface area contributed by atoms with E-state index in [0.717, 1.165) is 41.5 Å². The number of nitrogens with one attached hydrogen (secondary N) is 1. The minimum atomic E-state index is -0.567. The molecule has 1 unspecified atom stereocenters. The molecule has 0 aliphatic heterocycles. The highest BCUT2D eigenvalue weighted by Crippen LogP contribution is 2.39. The second-order valence-electron chi connectivity index (χ2n) is 6.75. The van der Waals surface area contributed by atoms with E-state index in [-0.39, 0.29) is 17.7 Å². The zero-order valence-electron chi connectivity index (χ0n) is 16.5. The van der Waals surface area contributed by atoms with Gasteiger partial charge in [0.15, 0.2) is 5.16 Å². The quantitative estimate of drug-likeness (QED) is 0.461. The molecule has 1 N–H and O–H groups in total. The number of pyridine rings is 1. The number of thiophene rings is 1. The summed E-state index contributed by atoms with van der Waals surface area (Å²) in [6, 6.07) is 5.20. The van der Waals surface area contributed by atoms with E-state index in [1.165, 1.54) is 15.7 Å². The number of anilines is 1. The van der Waals surface area contributed by atoms with E-state index in [2.05, 4.69) is 15.3 Å². The van der Waals surface area contributed by atoms with E-state index in [1.807, 2.05) is 0 Å². The first kappa shape index (κ1) is 20.5. The lowest BCUT2D eigenvalue weighted by molar-refractivity contribution is -0.115. The molecule has 8 nitrogen and oxygen atoms in total. The van der Waals surface area contributed by atoms with E-state index in [4.69, 9.17) is 4.74 Å². The first-order valence-electron chi connectivity index (χ1n) is 9.62. The first-order valence-corrected chi connectivity index (χ1v) is 11.3. The molecule has 4 rings (SSSR count). The number of nitrogens with zero attached hydrogens (tertiary/aromatic N) is 3. The number of carbonyl (C=O) groups is 2. The maximum Gasteiger partial charge on any atom is 0.355 e. The van der Waals surface area contributed by atoms with Crippen LogP contribution in [0.4, 0.5) is 5.00 Å². The Morgan fingerprint density at radius 3 is 2.97 bits per heavy atom. The minimum absolute atomic E-state index is 0.230.